The van der Waals surface area contributed by atoms with Gasteiger partial charge in [-0.2, -0.15) is 0 Å². The number of hydrogen-bond acceptors (Lipinski definition) is 4. The first-order valence-electron chi connectivity index (χ1n) is 7.13. The molecule has 2 aromatic rings. The molecule has 0 radical (unpaired) electrons. The van der Waals surface area contributed by atoms with Crippen LogP contribution in [0, 0.1) is 13.8 Å². The molecule has 0 unspecified atom stereocenters. The van der Waals surface area contributed by atoms with Crippen molar-refractivity contribution < 1.29 is 14.7 Å². The molecule has 0 saturated carbocycles. The fraction of sp³-hybridized carbons (Fsp3) is 0.400. The zero-order valence-corrected chi connectivity index (χ0v) is 13.3. The molecule has 0 aromatic carbocycles. The van der Waals surface area contributed by atoms with Crippen LogP contribution >= 0.6 is 11.3 Å². The van der Waals surface area contributed by atoms with Gasteiger partial charge in [-0.25, -0.2) is 9.78 Å². The Balaban J connectivity index is 1.97. The number of rotatable bonds is 3. The normalized spacial score (nSPS) is 17.9. The number of aryl methyl sites for hydroxylation is 1. The first kappa shape index (κ1) is 14.8. The summed E-state index contributed by atoms with van der Waals surface area (Å²) in [7, 11) is 0. The maximum absolute atomic E-state index is 12.8. The van der Waals surface area contributed by atoms with Gasteiger partial charge in [0.2, 0.25) is 0 Å². The molecule has 1 fully saturated rings. The van der Waals surface area contributed by atoms with Crippen molar-refractivity contribution in [2.45, 2.75) is 32.7 Å². The molecular formula is C15H17N3O3S. The highest BCUT2D eigenvalue weighted by Gasteiger charge is 2.35. The molecule has 2 aromatic heterocycles. The van der Waals surface area contributed by atoms with Gasteiger partial charge in [-0.15, -0.1) is 11.3 Å². The molecule has 116 valence electrons. The van der Waals surface area contributed by atoms with Gasteiger partial charge in [0.1, 0.15) is 6.04 Å². The maximum atomic E-state index is 12.8. The van der Waals surface area contributed by atoms with Crippen LogP contribution in [0.15, 0.2) is 17.6 Å². The summed E-state index contributed by atoms with van der Waals surface area (Å²) in [6.45, 7) is 4.29. The van der Waals surface area contributed by atoms with Gasteiger partial charge in [-0.3, -0.25) is 9.36 Å². The van der Waals surface area contributed by atoms with Crippen molar-refractivity contribution in [2.24, 2.45) is 0 Å². The molecular weight excluding hydrogens is 302 g/mol. The Kier molecular flexibility index (Phi) is 3.74. The molecule has 1 aliphatic rings. The predicted molar refractivity (Wildman–Crippen MR) is 82.6 cm³/mol. The van der Waals surface area contributed by atoms with Crippen LogP contribution in [0.3, 0.4) is 0 Å². The van der Waals surface area contributed by atoms with Gasteiger partial charge in [-0.1, -0.05) is 0 Å². The molecule has 3 rings (SSSR count). The summed E-state index contributed by atoms with van der Waals surface area (Å²) in [4.78, 5) is 29.8. The highest BCUT2D eigenvalue weighted by molar-refractivity contribution is 7.12. The van der Waals surface area contributed by atoms with Crippen LogP contribution in [0.5, 0.6) is 0 Å². The molecule has 0 bridgehead atoms. The summed E-state index contributed by atoms with van der Waals surface area (Å²) in [5.41, 5.74) is 2.27. The van der Waals surface area contributed by atoms with Crippen LogP contribution in [0.2, 0.25) is 0 Å². The van der Waals surface area contributed by atoms with E-state index in [0.29, 0.717) is 18.5 Å². The SMILES string of the molecule is Cc1cc(C(=O)N2CCC[C@@H]2C(=O)O)c(C)n1-c1nccs1. The Labute approximate surface area is 132 Å². The topological polar surface area (TPSA) is 75.4 Å². The quantitative estimate of drug-likeness (QED) is 0.941. The van der Waals surface area contributed by atoms with Crippen molar-refractivity contribution >= 4 is 23.2 Å². The first-order valence-corrected chi connectivity index (χ1v) is 8.01. The van der Waals surface area contributed by atoms with Crippen LogP contribution < -0.4 is 0 Å². The molecule has 1 aliphatic heterocycles. The van der Waals surface area contributed by atoms with Gasteiger partial charge in [-0.05, 0) is 32.8 Å². The third-order valence-electron chi connectivity index (χ3n) is 4.07. The van der Waals surface area contributed by atoms with E-state index in [1.807, 2.05) is 29.9 Å². The van der Waals surface area contributed by atoms with Gasteiger partial charge in [0.15, 0.2) is 5.13 Å². The molecule has 1 amide bonds. The van der Waals surface area contributed by atoms with E-state index < -0.39 is 12.0 Å². The third kappa shape index (κ3) is 2.31. The van der Waals surface area contributed by atoms with Crippen LogP contribution in [0.25, 0.3) is 5.13 Å². The second-order valence-electron chi connectivity index (χ2n) is 5.43. The Morgan fingerprint density at radius 2 is 2.18 bits per heavy atom. The number of amides is 1. The van der Waals surface area contributed by atoms with Gasteiger partial charge < -0.3 is 10.0 Å². The van der Waals surface area contributed by atoms with Gasteiger partial charge in [0, 0.05) is 29.5 Å². The maximum Gasteiger partial charge on any atom is 0.326 e. The van der Waals surface area contributed by atoms with E-state index in [1.54, 1.807) is 6.20 Å². The van der Waals surface area contributed by atoms with Crippen molar-refractivity contribution in [3.8, 4) is 5.13 Å². The summed E-state index contributed by atoms with van der Waals surface area (Å²) in [5.74, 6) is -1.14. The van der Waals surface area contributed by atoms with Crippen LogP contribution in [-0.4, -0.2) is 44.0 Å². The van der Waals surface area contributed by atoms with E-state index in [0.717, 1.165) is 22.9 Å². The molecule has 3 heterocycles. The van der Waals surface area contributed by atoms with Crippen LogP contribution in [-0.2, 0) is 4.79 Å². The fourth-order valence-corrected chi connectivity index (χ4v) is 3.77. The number of hydrogen-bond donors (Lipinski definition) is 1. The zero-order chi connectivity index (χ0) is 15.9. The number of aliphatic carboxylic acids is 1. The highest BCUT2D eigenvalue weighted by atomic mass is 32.1. The van der Waals surface area contributed by atoms with E-state index in [9.17, 15) is 14.7 Å². The standard InChI is InChI=1S/C15H17N3O3S/c1-9-8-11(10(2)18(9)15-16-5-7-22-15)13(19)17-6-3-4-12(17)14(20)21/h5,7-8,12H,3-4,6H2,1-2H3,(H,20,21)/t12-/m1/s1. The fourth-order valence-electron chi connectivity index (χ4n) is 3.02. The number of carbonyl (C=O) groups excluding carboxylic acids is 1. The van der Waals surface area contributed by atoms with E-state index in [4.69, 9.17) is 0 Å². The van der Waals surface area contributed by atoms with E-state index in [2.05, 4.69) is 4.98 Å². The summed E-state index contributed by atoms with van der Waals surface area (Å²) < 4.78 is 1.93. The van der Waals surface area contributed by atoms with Crippen LogP contribution in [0.4, 0.5) is 0 Å². The minimum absolute atomic E-state index is 0.208. The lowest BCUT2D eigenvalue weighted by Crippen LogP contribution is -2.40. The van der Waals surface area contributed by atoms with Crippen molar-refractivity contribution in [1.29, 1.82) is 0 Å². The Hall–Kier alpha value is -2.15. The Morgan fingerprint density at radius 1 is 1.41 bits per heavy atom. The first-order chi connectivity index (χ1) is 10.5. The monoisotopic (exact) mass is 319 g/mol. The molecule has 7 heteroatoms. The molecule has 1 N–H and O–H groups in total. The summed E-state index contributed by atoms with van der Waals surface area (Å²) in [6, 6.07) is 1.10. The molecule has 0 spiro atoms. The smallest absolute Gasteiger partial charge is 0.326 e. The zero-order valence-electron chi connectivity index (χ0n) is 12.4. The Morgan fingerprint density at radius 3 is 2.82 bits per heavy atom. The number of likely N-dealkylation sites (tertiary alicyclic amines) is 1. The molecule has 22 heavy (non-hydrogen) atoms. The minimum Gasteiger partial charge on any atom is -0.480 e. The lowest BCUT2D eigenvalue weighted by Gasteiger charge is -2.21. The lowest BCUT2D eigenvalue weighted by molar-refractivity contribution is -0.141. The van der Waals surface area contributed by atoms with E-state index in [-0.39, 0.29) is 5.91 Å². The summed E-state index contributed by atoms with van der Waals surface area (Å²) in [5, 5.41) is 11.9. The molecule has 1 saturated heterocycles. The Bertz CT molecular complexity index is 721. The molecule has 6 nitrogen and oxygen atoms in total. The average molecular weight is 319 g/mol. The highest BCUT2D eigenvalue weighted by Crippen LogP contribution is 2.26. The lowest BCUT2D eigenvalue weighted by atomic mass is 10.2. The number of carbonyl (C=O) groups is 2. The largest absolute Gasteiger partial charge is 0.480 e. The van der Waals surface area contributed by atoms with E-state index >= 15 is 0 Å². The van der Waals surface area contributed by atoms with E-state index in [1.165, 1.54) is 16.2 Å². The van der Waals surface area contributed by atoms with Gasteiger partial charge in [0.05, 0.1) is 5.56 Å². The minimum atomic E-state index is -0.931. The second kappa shape index (κ2) is 5.57. The third-order valence-corrected chi connectivity index (χ3v) is 4.83. The number of aromatic nitrogens is 2. The molecule has 0 aliphatic carbocycles. The molecule has 1 atom stereocenters. The number of carboxylic acids is 1. The summed E-state index contributed by atoms with van der Waals surface area (Å²) in [6.07, 6.45) is 2.97. The number of thiazole rings is 1. The van der Waals surface area contributed by atoms with Crippen molar-refractivity contribution in [2.75, 3.05) is 6.54 Å². The predicted octanol–water partition coefficient (Wildman–Crippen LogP) is 2.24. The number of carboxylic acid groups (broad SMARTS) is 1. The van der Waals surface area contributed by atoms with Crippen molar-refractivity contribution in [1.82, 2.24) is 14.5 Å². The van der Waals surface area contributed by atoms with Crippen molar-refractivity contribution in [3.63, 3.8) is 0 Å². The van der Waals surface area contributed by atoms with Gasteiger partial charge >= 0.3 is 5.97 Å². The second-order valence-corrected chi connectivity index (χ2v) is 6.30. The average Bonchev–Trinajstić information content (AvgIpc) is 3.17. The summed E-state index contributed by atoms with van der Waals surface area (Å²) >= 11 is 1.50. The van der Waals surface area contributed by atoms with Crippen LogP contribution in [0.1, 0.15) is 34.6 Å². The van der Waals surface area contributed by atoms with Crippen molar-refractivity contribution in [3.05, 3.63) is 34.6 Å². The van der Waals surface area contributed by atoms with Gasteiger partial charge in [0.25, 0.3) is 5.91 Å². The number of nitrogens with zero attached hydrogens (tertiary/aromatic N) is 3.